The van der Waals surface area contributed by atoms with Crippen LogP contribution in [-0.4, -0.2) is 19.6 Å². The normalized spacial score (nSPS) is 11.2. The van der Waals surface area contributed by atoms with Crippen molar-refractivity contribution in [2.45, 2.75) is 32.2 Å². The lowest BCUT2D eigenvalue weighted by Gasteiger charge is -2.12. The van der Waals surface area contributed by atoms with Crippen molar-refractivity contribution < 1.29 is 22.5 Å². The second-order valence-corrected chi connectivity index (χ2v) is 4.55. The predicted molar refractivity (Wildman–Crippen MR) is 72.4 cm³/mol. The summed E-state index contributed by atoms with van der Waals surface area (Å²) in [6.45, 7) is -4.17. The average molecular weight is 288 g/mol. The van der Waals surface area contributed by atoms with Gasteiger partial charge in [0.15, 0.2) is 0 Å². The second kappa shape index (κ2) is 8.50. The summed E-state index contributed by atoms with van der Waals surface area (Å²) in [5.41, 5.74) is 0.884. The Morgan fingerprint density at radius 2 is 1.80 bits per heavy atom. The molecule has 0 saturated carbocycles. The number of carbonyl (C=O) groups is 1. The summed E-state index contributed by atoms with van der Waals surface area (Å²) in [6.07, 6.45) is -0.177. The van der Waals surface area contributed by atoms with Gasteiger partial charge in [-0.2, -0.15) is 0 Å². The van der Waals surface area contributed by atoms with Gasteiger partial charge in [-0.3, -0.25) is 0 Å². The zero-order valence-corrected chi connectivity index (χ0v) is 11.2. The van der Waals surface area contributed by atoms with E-state index in [0.717, 1.165) is 5.56 Å². The maximum absolute atomic E-state index is 11.9. The van der Waals surface area contributed by atoms with Crippen molar-refractivity contribution in [3.05, 3.63) is 35.9 Å². The molecule has 3 nitrogen and oxygen atoms in total. The van der Waals surface area contributed by atoms with Crippen LogP contribution in [0, 0.1) is 0 Å². The Kier molecular flexibility index (Phi) is 6.97. The maximum Gasteiger partial charge on any atom is 0.478 e. The Balaban J connectivity index is 2.01. The molecule has 0 atom stereocenters. The Bertz CT molecular complexity index is 398. The fourth-order valence-corrected chi connectivity index (χ4v) is 1.64. The van der Waals surface area contributed by atoms with Gasteiger partial charge in [0.25, 0.3) is 0 Å². The van der Waals surface area contributed by atoms with Crippen LogP contribution in [0.1, 0.15) is 24.8 Å². The van der Waals surface area contributed by atoms with Crippen LogP contribution in [0.3, 0.4) is 0 Å². The highest BCUT2D eigenvalue weighted by Crippen LogP contribution is 2.18. The Morgan fingerprint density at radius 3 is 2.45 bits per heavy atom. The zero-order valence-electron chi connectivity index (χ0n) is 11.2. The highest BCUT2D eigenvalue weighted by molar-refractivity contribution is 6.58. The van der Waals surface area contributed by atoms with Crippen LogP contribution in [0.2, 0.25) is 6.32 Å². The van der Waals surface area contributed by atoms with E-state index in [-0.39, 0.29) is 13.0 Å². The molecule has 1 aromatic rings. The fourth-order valence-electron chi connectivity index (χ4n) is 1.64. The number of carbonyl (C=O) groups excluding carboxylic acids is 1. The molecular formula is C13H18BF3NO2-. The molecule has 0 radical (unpaired) electrons. The first-order chi connectivity index (χ1) is 9.47. The number of benzene rings is 1. The lowest BCUT2D eigenvalue weighted by Crippen LogP contribution is -2.25. The summed E-state index contributed by atoms with van der Waals surface area (Å²) in [5.74, 6) is 0. The summed E-state index contributed by atoms with van der Waals surface area (Å²) in [5, 5.41) is 2.51. The quantitative estimate of drug-likeness (QED) is 0.581. The van der Waals surface area contributed by atoms with Crippen molar-refractivity contribution >= 4 is 13.1 Å². The molecule has 0 bridgehead atoms. The first kappa shape index (κ1) is 16.4. The van der Waals surface area contributed by atoms with Gasteiger partial charge < -0.3 is 23.0 Å². The minimum absolute atomic E-state index is 0.115. The molecule has 1 N–H and O–H groups in total. The summed E-state index contributed by atoms with van der Waals surface area (Å²) in [7, 11) is 0. The molecule has 0 aliphatic carbocycles. The molecule has 1 amide bonds. The fraction of sp³-hybridized carbons (Fsp3) is 0.462. The van der Waals surface area contributed by atoms with Crippen molar-refractivity contribution in [2.75, 3.05) is 6.54 Å². The number of rotatable bonds is 8. The van der Waals surface area contributed by atoms with Crippen LogP contribution in [-0.2, 0) is 11.3 Å². The van der Waals surface area contributed by atoms with Crippen molar-refractivity contribution in [3.8, 4) is 0 Å². The van der Waals surface area contributed by atoms with Gasteiger partial charge >= 0.3 is 13.1 Å². The van der Waals surface area contributed by atoms with Crippen LogP contribution in [0.5, 0.6) is 0 Å². The molecule has 0 heterocycles. The van der Waals surface area contributed by atoms with Gasteiger partial charge in [-0.25, -0.2) is 4.79 Å². The highest BCUT2D eigenvalue weighted by atomic mass is 19.4. The van der Waals surface area contributed by atoms with Crippen molar-refractivity contribution in [3.63, 3.8) is 0 Å². The van der Waals surface area contributed by atoms with Gasteiger partial charge in [0.2, 0.25) is 0 Å². The van der Waals surface area contributed by atoms with Crippen LogP contribution in [0.25, 0.3) is 0 Å². The van der Waals surface area contributed by atoms with Gasteiger partial charge in [-0.1, -0.05) is 49.5 Å². The van der Waals surface area contributed by atoms with E-state index in [2.05, 4.69) is 5.32 Å². The topological polar surface area (TPSA) is 38.3 Å². The third kappa shape index (κ3) is 8.45. The van der Waals surface area contributed by atoms with Crippen molar-refractivity contribution in [2.24, 2.45) is 0 Å². The lowest BCUT2D eigenvalue weighted by molar-refractivity contribution is 0.139. The minimum Gasteiger partial charge on any atom is -0.449 e. The highest BCUT2D eigenvalue weighted by Gasteiger charge is 2.21. The average Bonchev–Trinajstić information content (AvgIpc) is 2.40. The third-order valence-corrected chi connectivity index (χ3v) is 2.69. The number of amides is 1. The van der Waals surface area contributed by atoms with E-state index >= 15 is 0 Å². The minimum atomic E-state index is -4.68. The van der Waals surface area contributed by atoms with Gasteiger partial charge in [0.05, 0.1) is 0 Å². The first-order valence-corrected chi connectivity index (χ1v) is 6.63. The van der Waals surface area contributed by atoms with Gasteiger partial charge in [-0.05, 0) is 12.0 Å². The molecule has 0 fully saturated rings. The summed E-state index contributed by atoms with van der Waals surface area (Å²) < 4.78 is 40.7. The van der Waals surface area contributed by atoms with Crippen molar-refractivity contribution in [1.82, 2.24) is 5.32 Å². The molecule has 0 unspecified atom stereocenters. The largest absolute Gasteiger partial charge is 0.478 e. The molecule has 0 aliphatic rings. The monoisotopic (exact) mass is 288 g/mol. The second-order valence-electron chi connectivity index (χ2n) is 4.55. The summed E-state index contributed by atoms with van der Waals surface area (Å²) in [4.78, 5) is 11.3. The molecule has 20 heavy (non-hydrogen) atoms. The van der Waals surface area contributed by atoms with Gasteiger partial charge in [0.1, 0.15) is 6.61 Å². The lowest BCUT2D eigenvalue weighted by atomic mass is 9.83. The standard InChI is InChI=1S/C13H18BF3NO2/c15-14(16,17)9-5-2-6-10-18-13(19)20-11-12-7-3-1-4-8-12/h1,3-4,7-8H,2,5-6,9-11H2,(H,18,19)/q-1. The van der Waals surface area contributed by atoms with Crippen LogP contribution in [0.4, 0.5) is 17.7 Å². The maximum atomic E-state index is 11.9. The van der Waals surface area contributed by atoms with E-state index < -0.39 is 19.4 Å². The van der Waals surface area contributed by atoms with E-state index in [9.17, 15) is 17.7 Å². The molecule has 7 heteroatoms. The first-order valence-electron chi connectivity index (χ1n) is 6.63. The van der Waals surface area contributed by atoms with Gasteiger partial charge in [0, 0.05) is 6.54 Å². The molecule has 0 spiro atoms. The summed E-state index contributed by atoms with van der Waals surface area (Å²) in [6, 6.07) is 9.24. The molecule has 0 aliphatic heterocycles. The molecule has 1 rings (SSSR count). The smallest absolute Gasteiger partial charge is 0.449 e. The van der Waals surface area contributed by atoms with Crippen molar-refractivity contribution in [1.29, 1.82) is 0 Å². The number of ether oxygens (including phenoxy) is 1. The number of halogens is 3. The molecule has 0 saturated heterocycles. The molecule has 112 valence electrons. The van der Waals surface area contributed by atoms with Crippen LogP contribution in [0.15, 0.2) is 30.3 Å². The number of hydrogen-bond acceptors (Lipinski definition) is 2. The summed E-state index contributed by atoms with van der Waals surface area (Å²) >= 11 is 0. The van der Waals surface area contributed by atoms with Gasteiger partial charge in [-0.15, -0.1) is 0 Å². The SMILES string of the molecule is O=C(NCCCCC[B-](F)(F)F)OCc1ccccc1. The number of nitrogens with one attached hydrogen (secondary N) is 1. The molecule has 0 aromatic heterocycles. The van der Waals surface area contributed by atoms with E-state index in [1.807, 2.05) is 30.3 Å². The van der Waals surface area contributed by atoms with Crippen LogP contribution >= 0.6 is 0 Å². The van der Waals surface area contributed by atoms with E-state index in [1.165, 1.54) is 0 Å². The third-order valence-electron chi connectivity index (χ3n) is 2.69. The number of unbranched alkanes of at least 4 members (excludes halogenated alkanes) is 2. The Labute approximate surface area is 116 Å². The Hall–Kier alpha value is -1.66. The zero-order chi connectivity index (χ0) is 14.8. The van der Waals surface area contributed by atoms with E-state index in [1.54, 1.807) is 0 Å². The number of hydrogen-bond donors (Lipinski definition) is 1. The Morgan fingerprint density at radius 1 is 1.10 bits per heavy atom. The van der Waals surface area contributed by atoms with Crippen LogP contribution < -0.4 is 5.32 Å². The van der Waals surface area contributed by atoms with E-state index in [4.69, 9.17) is 4.74 Å². The molecular weight excluding hydrogens is 270 g/mol. The molecule has 1 aromatic carbocycles. The number of alkyl carbamates (subject to hydrolysis) is 1. The van der Waals surface area contributed by atoms with E-state index in [0.29, 0.717) is 19.4 Å². The predicted octanol–water partition coefficient (Wildman–Crippen LogP) is 3.93.